The summed E-state index contributed by atoms with van der Waals surface area (Å²) < 4.78 is 4.56. The molecule has 0 aromatic carbocycles. The molecule has 0 saturated carbocycles. The van der Waals surface area contributed by atoms with Crippen molar-refractivity contribution in [1.29, 1.82) is 0 Å². The van der Waals surface area contributed by atoms with Gasteiger partial charge < -0.3 is 9.84 Å². The summed E-state index contributed by atoms with van der Waals surface area (Å²) in [4.78, 5) is 15.4. The first kappa shape index (κ1) is 9.67. The second-order valence-corrected chi connectivity index (χ2v) is 3.16. The fourth-order valence-electron chi connectivity index (χ4n) is 0.991. The highest BCUT2D eigenvalue weighted by Crippen LogP contribution is 2.10. The minimum Gasteiger partial charge on any atom is -0.363 e. The van der Waals surface area contributed by atoms with Crippen LogP contribution in [0.4, 0.5) is 5.69 Å². The predicted octanol–water partition coefficient (Wildman–Crippen LogP) is 1.98. The Kier molecular flexibility index (Phi) is 2.64. The molecule has 2 heterocycles. The maximum absolute atomic E-state index is 11.6. The highest BCUT2D eigenvalue weighted by Gasteiger charge is 2.08. The first-order valence-corrected chi connectivity index (χ1v) is 4.46. The minimum atomic E-state index is -0.360. The van der Waals surface area contributed by atoms with Crippen LogP contribution in [-0.4, -0.2) is 16.0 Å². The summed E-state index contributed by atoms with van der Waals surface area (Å²) in [6.45, 7) is 0. The second kappa shape index (κ2) is 4.10. The third-order valence-electron chi connectivity index (χ3n) is 1.64. The van der Waals surface area contributed by atoms with Gasteiger partial charge in [-0.2, -0.15) is 0 Å². The van der Waals surface area contributed by atoms with Crippen LogP contribution in [0.2, 0.25) is 5.02 Å². The van der Waals surface area contributed by atoms with Gasteiger partial charge in [-0.25, -0.2) is 0 Å². The van der Waals surface area contributed by atoms with Crippen LogP contribution >= 0.6 is 11.6 Å². The molecule has 1 N–H and O–H groups in total. The van der Waals surface area contributed by atoms with Gasteiger partial charge in [0, 0.05) is 11.2 Å². The molecule has 76 valence electrons. The summed E-state index contributed by atoms with van der Waals surface area (Å²) in [6, 6.07) is 3.07. The number of rotatable bonds is 2. The van der Waals surface area contributed by atoms with Crippen molar-refractivity contribution in [2.24, 2.45) is 0 Å². The van der Waals surface area contributed by atoms with E-state index in [1.54, 1.807) is 6.07 Å². The molecule has 15 heavy (non-hydrogen) atoms. The Balaban J connectivity index is 2.15. The van der Waals surface area contributed by atoms with Crippen molar-refractivity contribution in [3.8, 4) is 0 Å². The van der Waals surface area contributed by atoms with Crippen LogP contribution in [0.15, 0.2) is 35.3 Å². The molecule has 0 aliphatic rings. The molecule has 0 atom stereocenters. The highest BCUT2D eigenvalue weighted by atomic mass is 35.5. The fourth-order valence-corrected chi connectivity index (χ4v) is 1.15. The number of nitrogens with one attached hydrogen (secondary N) is 1. The standard InChI is InChI=1S/C9H6ClN3O2/c10-6-1-2-11-8(3-6)9(14)13-7-4-12-15-5-7/h1-5H,(H,13,14). The Bertz CT molecular complexity index is 470. The summed E-state index contributed by atoms with van der Waals surface area (Å²) in [7, 11) is 0. The molecular formula is C9H6ClN3O2. The number of hydrogen-bond acceptors (Lipinski definition) is 4. The zero-order valence-corrected chi connectivity index (χ0v) is 8.23. The number of hydrogen-bond donors (Lipinski definition) is 1. The molecule has 2 aromatic rings. The maximum atomic E-state index is 11.6. The van der Waals surface area contributed by atoms with E-state index in [0.29, 0.717) is 10.7 Å². The molecule has 0 aliphatic heterocycles. The van der Waals surface area contributed by atoms with Gasteiger partial charge in [0.1, 0.15) is 17.6 Å². The van der Waals surface area contributed by atoms with Crippen molar-refractivity contribution in [2.45, 2.75) is 0 Å². The molecular weight excluding hydrogens is 218 g/mol. The van der Waals surface area contributed by atoms with Crippen LogP contribution in [0.25, 0.3) is 0 Å². The third kappa shape index (κ3) is 2.32. The number of carbonyl (C=O) groups excluding carboxylic acids is 1. The lowest BCUT2D eigenvalue weighted by Gasteiger charge is -2.00. The molecule has 0 aliphatic carbocycles. The van der Waals surface area contributed by atoms with Gasteiger partial charge in [0.15, 0.2) is 0 Å². The molecule has 0 bridgehead atoms. The Morgan fingerprint density at radius 3 is 3.07 bits per heavy atom. The van der Waals surface area contributed by atoms with E-state index in [9.17, 15) is 4.79 Å². The lowest BCUT2D eigenvalue weighted by molar-refractivity contribution is 0.102. The van der Waals surface area contributed by atoms with E-state index in [1.165, 1.54) is 24.7 Å². The van der Waals surface area contributed by atoms with Crippen molar-refractivity contribution in [1.82, 2.24) is 10.1 Å². The summed E-state index contributed by atoms with van der Waals surface area (Å²) in [5.74, 6) is -0.360. The van der Waals surface area contributed by atoms with Crippen LogP contribution < -0.4 is 5.32 Å². The molecule has 0 radical (unpaired) electrons. The average Bonchev–Trinajstić information content (AvgIpc) is 2.70. The Labute approximate surface area is 90.1 Å². The van der Waals surface area contributed by atoms with Crippen LogP contribution in [0.3, 0.4) is 0 Å². The Morgan fingerprint density at radius 1 is 1.53 bits per heavy atom. The Morgan fingerprint density at radius 2 is 2.40 bits per heavy atom. The van der Waals surface area contributed by atoms with Crippen molar-refractivity contribution in [2.75, 3.05) is 5.32 Å². The lowest BCUT2D eigenvalue weighted by atomic mass is 10.3. The van der Waals surface area contributed by atoms with Gasteiger partial charge >= 0.3 is 0 Å². The zero-order chi connectivity index (χ0) is 10.7. The van der Waals surface area contributed by atoms with Gasteiger partial charge in [0.25, 0.3) is 5.91 Å². The number of carbonyl (C=O) groups is 1. The number of amides is 1. The van der Waals surface area contributed by atoms with Gasteiger partial charge in [-0.05, 0) is 12.1 Å². The summed E-state index contributed by atoms with van der Waals surface area (Å²) in [5.41, 5.74) is 0.713. The smallest absolute Gasteiger partial charge is 0.274 e. The van der Waals surface area contributed by atoms with Crippen LogP contribution in [0.1, 0.15) is 10.5 Å². The number of anilines is 1. The van der Waals surface area contributed by atoms with E-state index in [4.69, 9.17) is 11.6 Å². The second-order valence-electron chi connectivity index (χ2n) is 2.73. The molecule has 2 aromatic heterocycles. The van der Waals surface area contributed by atoms with E-state index < -0.39 is 0 Å². The number of aromatic nitrogens is 2. The molecule has 0 fully saturated rings. The lowest BCUT2D eigenvalue weighted by Crippen LogP contribution is -2.12. The van der Waals surface area contributed by atoms with Gasteiger partial charge in [-0.15, -0.1) is 0 Å². The first-order valence-electron chi connectivity index (χ1n) is 4.08. The first-order chi connectivity index (χ1) is 7.25. The fraction of sp³-hybridized carbons (Fsp3) is 0. The van der Waals surface area contributed by atoms with Crippen molar-refractivity contribution in [3.63, 3.8) is 0 Å². The normalized spacial score (nSPS) is 9.93. The molecule has 2 rings (SSSR count). The molecule has 0 spiro atoms. The van der Waals surface area contributed by atoms with E-state index >= 15 is 0 Å². The minimum absolute atomic E-state index is 0.240. The van der Waals surface area contributed by atoms with E-state index in [2.05, 4.69) is 20.0 Å². The van der Waals surface area contributed by atoms with Gasteiger partial charge in [-0.3, -0.25) is 9.78 Å². The average molecular weight is 224 g/mol. The quantitative estimate of drug-likeness (QED) is 0.845. The summed E-state index contributed by atoms with van der Waals surface area (Å²) in [6.07, 6.45) is 4.18. The Hall–Kier alpha value is -1.88. The van der Waals surface area contributed by atoms with E-state index in [-0.39, 0.29) is 11.6 Å². The number of nitrogens with zero attached hydrogens (tertiary/aromatic N) is 2. The van der Waals surface area contributed by atoms with Crippen molar-refractivity contribution >= 4 is 23.2 Å². The zero-order valence-electron chi connectivity index (χ0n) is 7.48. The topological polar surface area (TPSA) is 68.0 Å². The molecule has 5 nitrogen and oxygen atoms in total. The summed E-state index contributed by atoms with van der Waals surface area (Å²) >= 11 is 5.72. The van der Waals surface area contributed by atoms with Gasteiger partial charge in [-0.1, -0.05) is 16.8 Å². The van der Waals surface area contributed by atoms with E-state index in [1.807, 2.05) is 0 Å². The SMILES string of the molecule is O=C(Nc1cnoc1)c1cc(Cl)ccn1. The van der Waals surface area contributed by atoms with Crippen molar-refractivity contribution < 1.29 is 9.32 Å². The van der Waals surface area contributed by atoms with Gasteiger partial charge in [0.05, 0.1) is 6.20 Å². The largest absolute Gasteiger partial charge is 0.363 e. The van der Waals surface area contributed by atoms with E-state index in [0.717, 1.165) is 0 Å². The van der Waals surface area contributed by atoms with Crippen LogP contribution in [0, 0.1) is 0 Å². The van der Waals surface area contributed by atoms with Crippen LogP contribution in [0.5, 0.6) is 0 Å². The predicted molar refractivity (Wildman–Crippen MR) is 53.7 cm³/mol. The van der Waals surface area contributed by atoms with Crippen LogP contribution in [-0.2, 0) is 0 Å². The monoisotopic (exact) mass is 223 g/mol. The maximum Gasteiger partial charge on any atom is 0.274 e. The summed E-state index contributed by atoms with van der Waals surface area (Å²) in [5, 5.41) is 6.46. The molecule has 1 amide bonds. The van der Waals surface area contributed by atoms with Crippen molar-refractivity contribution in [3.05, 3.63) is 41.5 Å². The highest BCUT2D eigenvalue weighted by molar-refractivity contribution is 6.30. The number of pyridine rings is 1. The number of halogens is 1. The van der Waals surface area contributed by atoms with Gasteiger partial charge in [0.2, 0.25) is 0 Å². The third-order valence-corrected chi connectivity index (χ3v) is 1.88. The molecule has 0 unspecified atom stereocenters. The molecule has 6 heteroatoms. The molecule has 0 saturated heterocycles.